The van der Waals surface area contributed by atoms with Crippen molar-refractivity contribution in [3.8, 4) is 0 Å². The minimum Gasteiger partial charge on any atom is -0.387 e. The number of fused-ring (bicyclic) bond motifs is 8. The van der Waals surface area contributed by atoms with Crippen LogP contribution in [0.4, 0.5) is 53.0 Å². The zero-order valence-electron chi connectivity index (χ0n) is 77.7. The van der Waals surface area contributed by atoms with Gasteiger partial charge in [0.1, 0.15) is 24.1 Å². The Bertz CT molecular complexity index is 6220. The molecule has 0 saturated carbocycles. The van der Waals surface area contributed by atoms with Crippen LogP contribution in [0.1, 0.15) is 222 Å². The van der Waals surface area contributed by atoms with Crippen LogP contribution in [0.15, 0.2) is 60.7 Å². The third kappa shape index (κ3) is 20.5. The molecule has 4 saturated heterocycles. The molecule has 0 unspecified atom stereocenters. The fourth-order valence-electron chi connectivity index (χ4n) is 20.8. The molecule has 8 aromatic rings. The number of H-pyrrole nitrogens is 4. The minimum atomic E-state index is -0.779. The summed E-state index contributed by atoms with van der Waals surface area (Å²) < 4.78 is 42.6. The summed E-state index contributed by atoms with van der Waals surface area (Å²) in [5.41, 5.74) is 18.7. The lowest BCUT2D eigenvalue weighted by Crippen LogP contribution is -2.40. The van der Waals surface area contributed by atoms with Crippen LogP contribution < -0.4 is 37.2 Å². The number of nitrogens with one attached hydrogen (secondary N) is 11. The summed E-state index contributed by atoms with van der Waals surface area (Å²) >= 11 is 0. The first kappa shape index (κ1) is 94.5. The van der Waals surface area contributed by atoms with Gasteiger partial charge in [0.2, 0.25) is 18.2 Å². The molecule has 12 aliphatic heterocycles. The standard InChI is InChI=1S/C26H30FN5O4.C26H31N5O3.C25H28FN5O3.C25H29FN4O2/c1-15-20(12-17-16-11-18(27)22(29-23(34)14-33)13-21(16)30-25(17)35)28-19-5-4-8-32(26(36)24(15)19)10-9-31-6-2-3-7-31;1-16-23(15-20-19-14-18(27-17(2)32)7-8-21(19)29-25(20)33)28-22-6-5-11-31(26(34)24(16)22)13-12-30-9-3-4-10-30;1-15-20(13-18-17-11-16(26)12-21(27-14-32)23(17)29-24(18)33)28-19-5-4-8-31(25(34)22(15)19)10-9-30-6-2-3-7-30;1-16-22(15-19-18-14-17(26)7-8-20(18)28-24(19)31)27-21-6-5-11-30(25(32)23(16)21)13-12-29-9-3-2-4-10-29/h11-13,28,33H,2-10,14H2,1H3,(H,29,34)(H,30,35);7-8,14-15,28H,3-6,9-13H2,1-2H3,(H,27,32)(H,29,33);11-14,28H,2-10H2,1H3,(H,27,32)(H,29,33);7-8,14-15,27H,2-6,9-13H2,1H3,(H,28,31)/b17-12-;20-15-;18-13-;19-15-. The number of carbonyl (C=O) groups is 11. The van der Waals surface area contributed by atoms with E-state index in [-0.39, 0.29) is 69.7 Å². The Morgan fingerprint density at radius 1 is 0.375 bits per heavy atom. The predicted octanol–water partition coefficient (Wildman–Crippen LogP) is 12.5. The average molecular weight is 1860 g/mol. The van der Waals surface area contributed by atoms with E-state index in [1.807, 2.05) is 53.4 Å². The van der Waals surface area contributed by atoms with Gasteiger partial charge in [0.15, 0.2) is 0 Å². The number of amides is 11. The number of anilines is 7. The van der Waals surface area contributed by atoms with Crippen molar-refractivity contribution in [3.63, 3.8) is 0 Å². The van der Waals surface area contributed by atoms with Crippen molar-refractivity contribution in [3.05, 3.63) is 190 Å². The van der Waals surface area contributed by atoms with Crippen LogP contribution in [0.3, 0.4) is 0 Å². The van der Waals surface area contributed by atoms with E-state index in [0.29, 0.717) is 98.3 Å². The van der Waals surface area contributed by atoms with Crippen molar-refractivity contribution in [1.82, 2.24) is 59.1 Å². The molecule has 12 aliphatic rings. The lowest BCUT2D eigenvalue weighted by molar-refractivity contribution is -0.119. The number of rotatable bonds is 21. The lowest BCUT2D eigenvalue weighted by Gasteiger charge is -2.29. The summed E-state index contributed by atoms with van der Waals surface area (Å²) in [6, 6.07) is 14.6. The molecule has 31 nitrogen and oxygen atoms in total. The fraction of sp³-hybridized carbons (Fsp3) is 0.422. The molecule has 0 atom stereocenters. The Hall–Kier alpha value is -13.3. The Balaban J connectivity index is 0.000000126. The van der Waals surface area contributed by atoms with E-state index >= 15 is 0 Å². The van der Waals surface area contributed by atoms with Crippen LogP contribution in [0.25, 0.3) is 46.6 Å². The summed E-state index contributed by atoms with van der Waals surface area (Å²) in [6.07, 6.45) is 25.1. The summed E-state index contributed by atoms with van der Waals surface area (Å²) in [6.45, 7) is 26.7. The van der Waals surface area contributed by atoms with Gasteiger partial charge in [-0.05, 0) is 290 Å². The van der Waals surface area contributed by atoms with Crippen molar-refractivity contribution in [2.45, 2.75) is 144 Å². The second kappa shape index (κ2) is 41.5. The third-order valence-corrected chi connectivity index (χ3v) is 28.1. The summed E-state index contributed by atoms with van der Waals surface area (Å²) in [5, 5.41) is 27.4. The first-order valence-electron chi connectivity index (χ1n) is 47.8. The van der Waals surface area contributed by atoms with Crippen LogP contribution in [-0.2, 0) is 59.2 Å². The van der Waals surface area contributed by atoms with Gasteiger partial charge in [0, 0.05) is 170 Å². The van der Waals surface area contributed by atoms with E-state index in [1.165, 1.54) is 95.0 Å². The quantitative estimate of drug-likeness (QED) is 0.0235. The van der Waals surface area contributed by atoms with Gasteiger partial charge in [-0.25, -0.2) is 13.2 Å². The van der Waals surface area contributed by atoms with Crippen molar-refractivity contribution in [2.75, 3.05) is 175 Å². The van der Waals surface area contributed by atoms with Gasteiger partial charge in [-0.3, -0.25) is 52.7 Å². The molecule has 4 fully saturated rings. The summed E-state index contributed by atoms with van der Waals surface area (Å²) in [5.74, 6) is -3.67. The van der Waals surface area contributed by atoms with E-state index in [9.17, 15) is 65.9 Å². The number of piperidine rings is 1. The number of likely N-dealkylation sites (tertiary alicyclic amines) is 4. The number of aromatic amines is 4. The van der Waals surface area contributed by atoms with Crippen LogP contribution in [-0.4, -0.2) is 267 Å². The van der Waals surface area contributed by atoms with E-state index in [4.69, 9.17) is 5.11 Å². The van der Waals surface area contributed by atoms with Gasteiger partial charge in [-0.15, -0.1) is 0 Å². The number of benzene rings is 4. The fourth-order valence-corrected chi connectivity index (χ4v) is 20.8. The SMILES string of the molecule is CC(=O)Nc1ccc2c(c1)/C(=C/c1[nH]c3c(c1C)C(=O)N(CCN1CCCC1)CCC3)C(=O)N2.Cc1c(/C=C2\C(=O)Nc3c(NC=O)cc(F)cc32)[nH]c2c1C(=O)N(CCN1CCCC1)CCC2.Cc1c(/C=C2\C(=O)Nc3cc(NC(=O)CO)c(F)cc32)[nH]c2c1C(=O)N(CCN1CCCC1)CCC2.Cc1c(/C=C2\C(=O)Nc3ccc(F)cc32)[nH]c2c1C(=O)N(CCN1CCCCC1)CCC2. The summed E-state index contributed by atoms with van der Waals surface area (Å²) in [4.78, 5) is 169. The van der Waals surface area contributed by atoms with Crippen LogP contribution in [0.2, 0.25) is 0 Å². The Labute approximate surface area is 786 Å². The molecule has 11 amide bonds. The van der Waals surface area contributed by atoms with E-state index in [1.54, 1.807) is 42.5 Å². The Morgan fingerprint density at radius 2 is 0.721 bits per heavy atom. The van der Waals surface area contributed by atoms with Gasteiger partial charge in [0.25, 0.3) is 47.3 Å². The zero-order valence-corrected chi connectivity index (χ0v) is 77.7. The number of aliphatic hydroxyl groups is 1. The lowest BCUT2D eigenvalue weighted by atomic mass is 10.0. The highest BCUT2D eigenvalue weighted by molar-refractivity contribution is 6.38. The molecule has 12 N–H and O–H groups in total. The van der Waals surface area contributed by atoms with Gasteiger partial charge in [-0.1, -0.05) is 6.42 Å². The van der Waals surface area contributed by atoms with Crippen LogP contribution >= 0.6 is 0 Å². The molecule has 0 bridgehead atoms. The van der Waals surface area contributed by atoms with Crippen LogP contribution in [0.5, 0.6) is 0 Å². The first-order valence-corrected chi connectivity index (χ1v) is 47.8. The number of nitrogens with zero attached hydrogens (tertiary/aromatic N) is 8. The molecule has 0 spiro atoms. The number of aliphatic hydroxyl groups excluding tert-OH is 1. The normalized spacial score (nSPS) is 19.4. The third-order valence-electron chi connectivity index (χ3n) is 28.1. The second-order valence-electron chi connectivity index (χ2n) is 37.1. The molecule has 34 heteroatoms. The van der Waals surface area contributed by atoms with Crippen molar-refractivity contribution in [1.29, 1.82) is 0 Å². The molecular formula is C102H118F3N19O12. The van der Waals surface area contributed by atoms with E-state index in [0.717, 1.165) is 248 Å². The number of aromatic nitrogens is 4. The second-order valence-corrected chi connectivity index (χ2v) is 37.1. The zero-order chi connectivity index (χ0) is 95.3. The molecular weight excluding hydrogens is 1740 g/mol. The molecule has 20 rings (SSSR count). The smallest absolute Gasteiger partial charge is 0.256 e. The number of halogens is 3. The average Bonchev–Trinajstić information content (AvgIpc) is 1.62. The monoisotopic (exact) mass is 1860 g/mol. The highest BCUT2D eigenvalue weighted by Crippen LogP contribution is 2.44. The number of hydrogen-bond acceptors (Lipinski definition) is 16. The highest BCUT2D eigenvalue weighted by Gasteiger charge is 2.38. The molecule has 714 valence electrons. The minimum absolute atomic E-state index is 0.00619. The maximum absolute atomic E-state index is 14.6. The number of aryl methyl sites for hydroxylation is 4. The Morgan fingerprint density at radius 3 is 1.10 bits per heavy atom. The van der Waals surface area contributed by atoms with Gasteiger partial charge < -0.3 is 101 Å². The van der Waals surface area contributed by atoms with E-state index < -0.39 is 36.0 Å². The first-order chi connectivity index (χ1) is 65.7. The molecule has 16 heterocycles. The maximum atomic E-state index is 14.6. The highest BCUT2D eigenvalue weighted by atomic mass is 19.1. The maximum Gasteiger partial charge on any atom is 0.256 e. The molecule has 4 aromatic carbocycles. The van der Waals surface area contributed by atoms with Crippen molar-refractivity contribution >= 4 is 152 Å². The van der Waals surface area contributed by atoms with Gasteiger partial charge in [0.05, 0.1) is 67.3 Å². The molecule has 136 heavy (non-hydrogen) atoms. The predicted molar refractivity (Wildman–Crippen MR) is 518 cm³/mol. The largest absolute Gasteiger partial charge is 0.387 e. The number of carbonyl (C=O) groups excluding carboxylic acids is 11. The molecule has 0 radical (unpaired) electrons. The molecule has 4 aromatic heterocycles. The summed E-state index contributed by atoms with van der Waals surface area (Å²) in [7, 11) is 0. The topological polar surface area (TPSA) is 381 Å². The van der Waals surface area contributed by atoms with E-state index in [2.05, 4.69) is 76.8 Å². The molecule has 0 aliphatic carbocycles. The van der Waals surface area contributed by atoms with Gasteiger partial charge >= 0.3 is 0 Å². The van der Waals surface area contributed by atoms with Gasteiger partial charge in [-0.2, -0.15) is 0 Å². The van der Waals surface area contributed by atoms with Crippen molar-refractivity contribution < 1.29 is 71.0 Å². The van der Waals surface area contributed by atoms with Crippen LogP contribution in [0, 0.1) is 45.1 Å². The number of hydrogen-bond donors (Lipinski definition) is 12. The Kier molecular flexibility index (Phi) is 28.8. The van der Waals surface area contributed by atoms with Crippen molar-refractivity contribution in [2.24, 2.45) is 0 Å².